The number of hydrazine groups is 1. The lowest BCUT2D eigenvalue weighted by molar-refractivity contribution is 0.535. The average molecular weight is 168 g/mol. The summed E-state index contributed by atoms with van der Waals surface area (Å²) in [4.78, 5) is 0. The predicted octanol–water partition coefficient (Wildman–Crippen LogP) is 0.643. The molecule has 0 amide bonds. The van der Waals surface area contributed by atoms with Crippen LogP contribution in [-0.4, -0.2) is 9.78 Å². The van der Waals surface area contributed by atoms with Crippen LogP contribution in [0.2, 0.25) is 0 Å². The second kappa shape index (κ2) is 3.69. The zero-order chi connectivity index (χ0) is 9.14. The van der Waals surface area contributed by atoms with Crippen LogP contribution in [0.25, 0.3) is 0 Å². The van der Waals surface area contributed by atoms with Crippen LogP contribution in [0.1, 0.15) is 30.6 Å². The number of hydrogen-bond acceptors (Lipinski definition) is 3. The van der Waals surface area contributed by atoms with E-state index in [1.807, 2.05) is 24.9 Å². The standard InChI is InChI=1S/C8H16N4/c1-4-8(11-9)7-5-10-12(3)6(7)2/h5,8,11H,4,9H2,1-3H3. The Labute approximate surface area is 72.7 Å². The molecule has 4 heteroatoms. The van der Waals surface area contributed by atoms with Gasteiger partial charge in [-0.15, -0.1) is 0 Å². The number of nitrogens with one attached hydrogen (secondary N) is 1. The fourth-order valence-corrected chi connectivity index (χ4v) is 1.29. The van der Waals surface area contributed by atoms with Crippen molar-refractivity contribution in [1.82, 2.24) is 15.2 Å². The lowest BCUT2D eigenvalue weighted by atomic mass is 10.1. The van der Waals surface area contributed by atoms with Crippen molar-refractivity contribution >= 4 is 0 Å². The molecule has 0 radical (unpaired) electrons. The van der Waals surface area contributed by atoms with Gasteiger partial charge in [-0.05, 0) is 13.3 Å². The van der Waals surface area contributed by atoms with Gasteiger partial charge in [-0.1, -0.05) is 6.92 Å². The van der Waals surface area contributed by atoms with Gasteiger partial charge < -0.3 is 0 Å². The first-order valence-corrected chi connectivity index (χ1v) is 4.15. The smallest absolute Gasteiger partial charge is 0.0540 e. The van der Waals surface area contributed by atoms with Crippen molar-refractivity contribution in [2.75, 3.05) is 0 Å². The normalized spacial score (nSPS) is 13.3. The van der Waals surface area contributed by atoms with Crippen molar-refractivity contribution in [3.8, 4) is 0 Å². The summed E-state index contributed by atoms with van der Waals surface area (Å²) < 4.78 is 1.86. The molecule has 1 aromatic rings. The Morgan fingerprint density at radius 1 is 1.75 bits per heavy atom. The van der Waals surface area contributed by atoms with E-state index in [0.717, 1.165) is 6.42 Å². The van der Waals surface area contributed by atoms with E-state index in [4.69, 9.17) is 5.84 Å². The Balaban J connectivity index is 2.93. The summed E-state index contributed by atoms with van der Waals surface area (Å²) >= 11 is 0. The molecule has 4 nitrogen and oxygen atoms in total. The lowest BCUT2D eigenvalue weighted by Crippen LogP contribution is -2.27. The van der Waals surface area contributed by atoms with Gasteiger partial charge in [0, 0.05) is 24.3 Å². The molecule has 3 N–H and O–H groups in total. The van der Waals surface area contributed by atoms with Gasteiger partial charge in [0.1, 0.15) is 0 Å². The summed E-state index contributed by atoms with van der Waals surface area (Å²) in [6, 6.07) is 0.221. The van der Waals surface area contributed by atoms with Crippen molar-refractivity contribution in [3.63, 3.8) is 0 Å². The molecule has 0 spiro atoms. The molecule has 1 unspecified atom stereocenters. The van der Waals surface area contributed by atoms with Crippen LogP contribution in [0.5, 0.6) is 0 Å². The Morgan fingerprint density at radius 2 is 2.42 bits per heavy atom. The predicted molar refractivity (Wildman–Crippen MR) is 48.3 cm³/mol. The highest BCUT2D eigenvalue weighted by atomic mass is 15.3. The number of rotatable bonds is 3. The number of aryl methyl sites for hydroxylation is 1. The number of nitrogens with two attached hydrogens (primary N) is 1. The first-order chi connectivity index (χ1) is 5.70. The maximum atomic E-state index is 5.41. The quantitative estimate of drug-likeness (QED) is 0.514. The molecule has 1 heterocycles. The third-order valence-corrected chi connectivity index (χ3v) is 2.26. The minimum atomic E-state index is 0.221. The van der Waals surface area contributed by atoms with Gasteiger partial charge in [-0.2, -0.15) is 5.10 Å². The molecule has 0 saturated carbocycles. The molecule has 0 bridgehead atoms. The van der Waals surface area contributed by atoms with Crippen molar-refractivity contribution in [2.24, 2.45) is 12.9 Å². The van der Waals surface area contributed by atoms with E-state index in [-0.39, 0.29) is 6.04 Å². The molecule has 0 aliphatic rings. The average Bonchev–Trinajstić information content (AvgIpc) is 2.38. The zero-order valence-electron chi connectivity index (χ0n) is 7.83. The first-order valence-electron chi connectivity index (χ1n) is 4.15. The summed E-state index contributed by atoms with van der Waals surface area (Å²) in [5, 5.41) is 4.15. The van der Waals surface area contributed by atoms with Crippen LogP contribution in [0, 0.1) is 6.92 Å². The number of nitrogens with zero attached hydrogens (tertiary/aromatic N) is 2. The Bertz CT molecular complexity index is 250. The maximum absolute atomic E-state index is 5.41. The van der Waals surface area contributed by atoms with Crippen LogP contribution < -0.4 is 11.3 Å². The van der Waals surface area contributed by atoms with E-state index in [1.165, 1.54) is 11.3 Å². The molecule has 0 fully saturated rings. The van der Waals surface area contributed by atoms with Crippen LogP contribution in [0.15, 0.2) is 6.20 Å². The minimum absolute atomic E-state index is 0.221. The molecule has 0 saturated heterocycles. The van der Waals surface area contributed by atoms with E-state index in [2.05, 4.69) is 17.4 Å². The first kappa shape index (κ1) is 9.22. The van der Waals surface area contributed by atoms with Gasteiger partial charge in [0.05, 0.1) is 6.20 Å². The van der Waals surface area contributed by atoms with Crippen LogP contribution >= 0.6 is 0 Å². The largest absolute Gasteiger partial charge is 0.273 e. The molecule has 0 aliphatic heterocycles. The lowest BCUT2D eigenvalue weighted by Gasteiger charge is -2.12. The zero-order valence-corrected chi connectivity index (χ0v) is 7.83. The van der Waals surface area contributed by atoms with Crippen molar-refractivity contribution in [2.45, 2.75) is 26.3 Å². The second-order valence-electron chi connectivity index (χ2n) is 2.94. The van der Waals surface area contributed by atoms with Crippen molar-refractivity contribution < 1.29 is 0 Å². The van der Waals surface area contributed by atoms with Gasteiger partial charge in [0.15, 0.2) is 0 Å². The van der Waals surface area contributed by atoms with Gasteiger partial charge in [0.2, 0.25) is 0 Å². The van der Waals surface area contributed by atoms with Crippen LogP contribution in [0.3, 0.4) is 0 Å². The number of hydrogen-bond donors (Lipinski definition) is 2. The van der Waals surface area contributed by atoms with Gasteiger partial charge in [0.25, 0.3) is 0 Å². The SMILES string of the molecule is CCC(NN)c1cnn(C)c1C. The van der Waals surface area contributed by atoms with Crippen molar-refractivity contribution in [3.05, 3.63) is 17.5 Å². The minimum Gasteiger partial charge on any atom is -0.273 e. The summed E-state index contributed by atoms with van der Waals surface area (Å²) in [6.45, 7) is 4.14. The fraction of sp³-hybridized carbons (Fsp3) is 0.625. The molecule has 68 valence electrons. The van der Waals surface area contributed by atoms with E-state index in [1.54, 1.807) is 0 Å². The van der Waals surface area contributed by atoms with E-state index in [0.29, 0.717) is 0 Å². The number of aromatic nitrogens is 2. The molecule has 0 aromatic carbocycles. The maximum Gasteiger partial charge on any atom is 0.0540 e. The van der Waals surface area contributed by atoms with E-state index < -0.39 is 0 Å². The van der Waals surface area contributed by atoms with Crippen LogP contribution in [-0.2, 0) is 7.05 Å². The molecule has 1 aromatic heterocycles. The summed E-state index contributed by atoms with van der Waals surface area (Å²) in [6.07, 6.45) is 2.84. The highest BCUT2D eigenvalue weighted by Crippen LogP contribution is 2.18. The second-order valence-corrected chi connectivity index (χ2v) is 2.94. The molecular weight excluding hydrogens is 152 g/mol. The van der Waals surface area contributed by atoms with Gasteiger partial charge >= 0.3 is 0 Å². The topological polar surface area (TPSA) is 55.9 Å². The summed E-state index contributed by atoms with van der Waals surface area (Å²) in [5.41, 5.74) is 5.12. The van der Waals surface area contributed by atoms with Crippen LogP contribution in [0.4, 0.5) is 0 Å². The Kier molecular flexibility index (Phi) is 2.83. The van der Waals surface area contributed by atoms with Gasteiger partial charge in [-0.3, -0.25) is 16.0 Å². The third-order valence-electron chi connectivity index (χ3n) is 2.26. The van der Waals surface area contributed by atoms with Gasteiger partial charge in [-0.25, -0.2) is 0 Å². The molecular formula is C8H16N4. The molecule has 1 atom stereocenters. The van der Waals surface area contributed by atoms with Crippen molar-refractivity contribution in [1.29, 1.82) is 0 Å². The summed E-state index contributed by atoms with van der Waals surface area (Å²) in [7, 11) is 1.93. The third kappa shape index (κ3) is 1.49. The molecule has 0 aliphatic carbocycles. The Hall–Kier alpha value is -0.870. The Morgan fingerprint density at radius 3 is 2.75 bits per heavy atom. The monoisotopic (exact) mass is 168 g/mol. The summed E-state index contributed by atoms with van der Waals surface area (Å²) in [5.74, 6) is 5.41. The molecule has 1 rings (SSSR count). The highest BCUT2D eigenvalue weighted by Gasteiger charge is 2.12. The van der Waals surface area contributed by atoms with E-state index >= 15 is 0 Å². The van der Waals surface area contributed by atoms with E-state index in [9.17, 15) is 0 Å². The molecule has 12 heavy (non-hydrogen) atoms. The fourth-order valence-electron chi connectivity index (χ4n) is 1.29. The highest BCUT2D eigenvalue weighted by molar-refractivity contribution is 5.19.